The Morgan fingerprint density at radius 2 is 1.64 bits per heavy atom. The number of allylic oxidation sites excluding steroid dienone is 2. The molecule has 8 bridgehead atoms. The highest BCUT2D eigenvalue weighted by Crippen LogP contribution is 2.45. The van der Waals surface area contributed by atoms with Gasteiger partial charge in [0.2, 0.25) is 0 Å². The highest BCUT2D eigenvalue weighted by atomic mass is 16.5. The second kappa shape index (κ2) is 12.2. The molecule has 2 amide bonds. The van der Waals surface area contributed by atoms with E-state index in [-0.39, 0.29) is 47.8 Å². The molecule has 2 aromatic heterocycles. The van der Waals surface area contributed by atoms with Crippen LogP contribution in [0.3, 0.4) is 0 Å². The van der Waals surface area contributed by atoms with Gasteiger partial charge in [-0.2, -0.15) is 0 Å². The maximum absolute atomic E-state index is 14.0. The number of fused-ring (bicyclic) bond motifs is 8. The molecular weight excluding hydrogens is 594 g/mol. The molecule has 6 heterocycles. The summed E-state index contributed by atoms with van der Waals surface area (Å²) in [4.78, 5) is 71.6. The maximum Gasteiger partial charge on any atom is 0.305 e. The summed E-state index contributed by atoms with van der Waals surface area (Å²) in [7, 11) is 1.50. The number of esters is 1. The number of Topliss-reactive ketones (excluding diaryl/α,β-unsaturated/α-hetero) is 1. The molecule has 0 aliphatic carbocycles. The predicted molar refractivity (Wildman–Crippen MR) is 180 cm³/mol. The number of hydrogen-bond donors (Lipinski definition) is 2. The van der Waals surface area contributed by atoms with Gasteiger partial charge in [0.1, 0.15) is 0 Å². The SMILES string of the molecule is CCCOC(=O)CC[C@@H]1c2nc(cc3nc(cc4[nH]c(cc5[nH]c6c2C(=O)N(C)C(=O)c6c5C)[C@H](CC)[C@H]4C)C(C(C)=O)=C3C)[C@H]1C. The maximum atomic E-state index is 14.0. The van der Waals surface area contributed by atoms with Crippen LogP contribution in [0.5, 0.6) is 0 Å². The molecule has 0 radical (unpaired) electrons. The summed E-state index contributed by atoms with van der Waals surface area (Å²) in [6, 6.07) is 5.92. The fourth-order valence-corrected chi connectivity index (χ4v) is 7.57. The van der Waals surface area contributed by atoms with Crippen molar-refractivity contribution in [1.82, 2.24) is 24.8 Å². The van der Waals surface area contributed by atoms with Gasteiger partial charge in [0, 0.05) is 65.3 Å². The minimum absolute atomic E-state index is 0.0668. The fourth-order valence-electron chi connectivity index (χ4n) is 7.57. The summed E-state index contributed by atoms with van der Waals surface area (Å²) >= 11 is 0. The molecule has 0 aromatic carbocycles. The molecule has 0 saturated heterocycles. The van der Waals surface area contributed by atoms with E-state index < -0.39 is 5.91 Å². The van der Waals surface area contributed by atoms with Gasteiger partial charge in [-0.15, -0.1) is 0 Å². The number of imide groups is 1. The Morgan fingerprint density at radius 3 is 2.32 bits per heavy atom. The van der Waals surface area contributed by atoms with Gasteiger partial charge in [-0.3, -0.25) is 29.1 Å². The number of aromatic nitrogens is 4. The summed E-state index contributed by atoms with van der Waals surface area (Å²) in [5, 5.41) is 0. The van der Waals surface area contributed by atoms with Crippen LogP contribution >= 0.6 is 0 Å². The third-order valence-corrected chi connectivity index (χ3v) is 10.3. The van der Waals surface area contributed by atoms with Crippen molar-refractivity contribution in [3.63, 3.8) is 0 Å². The number of ketones is 1. The number of nitrogens with one attached hydrogen (secondary N) is 2. The van der Waals surface area contributed by atoms with E-state index in [2.05, 4.69) is 23.8 Å². The predicted octanol–water partition coefficient (Wildman–Crippen LogP) is 7.01. The second-order valence-corrected chi connectivity index (χ2v) is 13.2. The first-order chi connectivity index (χ1) is 22.4. The Hall–Kier alpha value is -4.60. The zero-order valence-electron chi connectivity index (χ0n) is 28.5. The van der Waals surface area contributed by atoms with Crippen molar-refractivity contribution in [2.24, 2.45) is 0 Å². The average molecular weight is 638 g/mol. The summed E-state index contributed by atoms with van der Waals surface area (Å²) in [6.07, 6.45) is 2.17. The molecule has 4 aliphatic heterocycles. The average Bonchev–Trinajstić information content (AvgIpc) is 3.71. The summed E-state index contributed by atoms with van der Waals surface area (Å²) < 4.78 is 5.38. The minimum Gasteiger partial charge on any atom is -0.466 e. The lowest BCUT2D eigenvalue weighted by molar-refractivity contribution is -0.143. The number of aromatic amines is 2. The molecule has 2 aromatic rings. The zero-order valence-corrected chi connectivity index (χ0v) is 28.5. The van der Waals surface area contributed by atoms with Crippen LogP contribution < -0.4 is 0 Å². The summed E-state index contributed by atoms with van der Waals surface area (Å²) in [5.41, 5.74) is 8.49. The van der Waals surface area contributed by atoms with Crippen LogP contribution in [0.25, 0.3) is 22.2 Å². The van der Waals surface area contributed by atoms with Crippen LogP contribution in [-0.4, -0.2) is 62.1 Å². The smallest absolute Gasteiger partial charge is 0.305 e. The second-order valence-electron chi connectivity index (χ2n) is 13.2. The van der Waals surface area contributed by atoms with Crippen LogP contribution in [0.4, 0.5) is 0 Å². The van der Waals surface area contributed by atoms with Gasteiger partial charge >= 0.3 is 5.97 Å². The van der Waals surface area contributed by atoms with Crippen molar-refractivity contribution >= 4 is 45.7 Å². The highest BCUT2D eigenvalue weighted by molar-refractivity contribution is 6.27. The molecule has 2 N–H and O–H groups in total. The summed E-state index contributed by atoms with van der Waals surface area (Å²) in [5.74, 6) is -1.38. The highest BCUT2D eigenvalue weighted by Gasteiger charge is 2.40. The standard InChI is InChI=1S/C37H43N5O5/c1-9-13-47-30(44)12-11-23-18(4)25-14-26-19(5)31(21(7)43)29(39-26)16-24-17(3)22(10-2)28(38-24)15-27-20(6)32-35(41-27)33(34(23)40-25)37(46)42(8)36(32)45/h14-18,22-23,38,41H,9-13H2,1-8H3/t17-,18+,22-,23+/m1/s1. The Bertz CT molecular complexity index is 1950. The molecule has 10 nitrogen and oxygen atoms in total. The molecule has 246 valence electrons. The molecule has 47 heavy (non-hydrogen) atoms. The number of ether oxygens (including phenoxy) is 1. The van der Waals surface area contributed by atoms with Crippen molar-refractivity contribution in [2.75, 3.05) is 13.7 Å². The van der Waals surface area contributed by atoms with E-state index in [1.54, 1.807) is 6.92 Å². The van der Waals surface area contributed by atoms with E-state index in [0.29, 0.717) is 58.0 Å². The van der Waals surface area contributed by atoms with Gasteiger partial charge in [-0.05, 0) is 69.4 Å². The zero-order chi connectivity index (χ0) is 33.9. The number of aryl methyl sites for hydroxylation is 1. The van der Waals surface area contributed by atoms with E-state index in [9.17, 15) is 19.2 Å². The molecule has 0 fully saturated rings. The number of hydrogen-bond acceptors (Lipinski definition) is 7. The van der Waals surface area contributed by atoms with Gasteiger partial charge in [0.25, 0.3) is 11.8 Å². The van der Waals surface area contributed by atoms with Gasteiger partial charge in [0.15, 0.2) is 5.78 Å². The Labute approximate surface area is 274 Å². The van der Waals surface area contributed by atoms with Crippen LogP contribution in [-0.2, 0) is 14.3 Å². The molecule has 0 unspecified atom stereocenters. The van der Waals surface area contributed by atoms with E-state index in [4.69, 9.17) is 14.7 Å². The first-order valence-electron chi connectivity index (χ1n) is 16.6. The normalized spacial score (nSPS) is 21.3. The van der Waals surface area contributed by atoms with Crippen molar-refractivity contribution in [3.8, 4) is 0 Å². The van der Waals surface area contributed by atoms with Crippen LogP contribution in [0.15, 0.2) is 18.2 Å². The molecule has 6 rings (SSSR count). The van der Waals surface area contributed by atoms with Crippen molar-refractivity contribution in [2.45, 2.75) is 97.8 Å². The lowest BCUT2D eigenvalue weighted by atomic mass is 9.84. The van der Waals surface area contributed by atoms with E-state index >= 15 is 0 Å². The third-order valence-electron chi connectivity index (χ3n) is 10.3. The molecule has 10 heteroatoms. The van der Waals surface area contributed by atoms with Gasteiger partial charge < -0.3 is 14.7 Å². The number of nitrogens with zero attached hydrogens (tertiary/aromatic N) is 3. The Kier molecular flexibility index (Phi) is 8.40. The quantitative estimate of drug-likeness (QED) is 0.246. The van der Waals surface area contributed by atoms with Crippen LogP contribution in [0, 0.1) is 6.92 Å². The van der Waals surface area contributed by atoms with Gasteiger partial charge in [0.05, 0.1) is 40.3 Å². The van der Waals surface area contributed by atoms with Crippen molar-refractivity contribution < 1.29 is 23.9 Å². The monoisotopic (exact) mass is 637 g/mol. The fraction of sp³-hybridized carbons (Fsp3) is 0.459. The first kappa shape index (κ1) is 32.3. The Morgan fingerprint density at radius 1 is 0.915 bits per heavy atom. The van der Waals surface area contributed by atoms with Crippen molar-refractivity contribution in [3.05, 3.63) is 69.1 Å². The number of H-pyrrole nitrogens is 2. The van der Waals surface area contributed by atoms with Crippen LogP contribution in [0.2, 0.25) is 0 Å². The molecule has 0 spiro atoms. The number of carbonyl (C=O) groups is 4. The largest absolute Gasteiger partial charge is 0.466 e. The number of carbonyl (C=O) groups excluding carboxylic acids is 4. The number of amides is 2. The summed E-state index contributed by atoms with van der Waals surface area (Å²) in [6.45, 7) is 14.0. The lowest BCUT2D eigenvalue weighted by Gasteiger charge is -2.24. The molecular formula is C37H43N5O5. The van der Waals surface area contributed by atoms with E-state index in [1.807, 2.05) is 45.9 Å². The number of rotatable bonds is 7. The molecule has 4 atom stereocenters. The Balaban J connectivity index is 1.72. The van der Waals surface area contributed by atoms with Crippen LogP contribution in [0.1, 0.15) is 151 Å². The molecule has 4 aliphatic rings. The van der Waals surface area contributed by atoms with E-state index in [1.165, 1.54) is 7.05 Å². The topological polar surface area (TPSA) is 138 Å². The minimum atomic E-state index is -0.442. The third kappa shape index (κ3) is 5.27. The van der Waals surface area contributed by atoms with Gasteiger partial charge in [-0.25, -0.2) is 4.98 Å². The first-order valence-corrected chi connectivity index (χ1v) is 16.6. The van der Waals surface area contributed by atoms with E-state index in [0.717, 1.165) is 45.8 Å². The van der Waals surface area contributed by atoms with Gasteiger partial charge in [-0.1, -0.05) is 27.7 Å². The van der Waals surface area contributed by atoms with Crippen molar-refractivity contribution in [1.29, 1.82) is 0 Å². The lowest BCUT2D eigenvalue weighted by Crippen LogP contribution is -2.37. The molecule has 0 saturated carbocycles.